The molecule has 116 valence electrons. The van der Waals surface area contributed by atoms with Crippen molar-refractivity contribution in [3.05, 3.63) is 24.3 Å². The van der Waals surface area contributed by atoms with Crippen LogP contribution >= 0.6 is 0 Å². The summed E-state index contributed by atoms with van der Waals surface area (Å²) in [7, 11) is 0. The minimum absolute atomic E-state index is 0.327. The summed E-state index contributed by atoms with van der Waals surface area (Å²) < 4.78 is 0. The van der Waals surface area contributed by atoms with Crippen LogP contribution in [0.25, 0.3) is 0 Å². The smallest absolute Gasteiger partial charge is 0.303 e. The molecule has 0 atom stereocenters. The van der Waals surface area contributed by atoms with Crippen molar-refractivity contribution in [3.63, 3.8) is 0 Å². The van der Waals surface area contributed by atoms with Crippen LogP contribution in [0.4, 0.5) is 0 Å². The largest absolute Gasteiger partial charge is 0.481 e. The van der Waals surface area contributed by atoms with E-state index in [1.54, 1.807) is 0 Å². The number of carboxylic acids is 1. The van der Waals surface area contributed by atoms with Crippen LogP contribution in [0.2, 0.25) is 0 Å². The molecule has 0 saturated carbocycles. The maximum Gasteiger partial charge on any atom is 0.303 e. The molecule has 0 unspecified atom stereocenters. The van der Waals surface area contributed by atoms with E-state index in [4.69, 9.17) is 5.11 Å². The molecule has 0 amide bonds. The van der Waals surface area contributed by atoms with Gasteiger partial charge >= 0.3 is 5.97 Å². The topological polar surface area (TPSA) is 37.3 Å². The number of allylic oxidation sites excluding steroid dienone is 4. The van der Waals surface area contributed by atoms with E-state index < -0.39 is 5.97 Å². The molecule has 2 nitrogen and oxygen atoms in total. The molecule has 20 heavy (non-hydrogen) atoms. The highest BCUT2D eigenvalue weighted by Crippen LogP contribution is 2.09. The maximum absolute atomic E-state index is 10.3. The molecule has 0 rings (SSSR count). The Bertz CT molecular complexity index is 267. The second-order valence-electron chi connectivity index (χ2n) is 5.38. The highest BCUT2D eigenvalue weighted by atomic mass is 16.4. The molecule has 0 aliphatic carbocycles. The zero-order valence-corrected chi connectivity index (χ0v) is 13.2. The Morgan fingerprint density at radius 1 is 0.750 bits per heavy atom. The zero-order chi connectivity index (χ0) is 14.9. The summed E-state index contributed by atoms with van der Waals surface area (Å²) in [6.45, 7) is 2.08. The normalized spacial score (nSPS) is 11.7. The van der Waals surface area contributed by atoms with Gasteiger partial charge in [-0.15, -0.1) is 0 Å². The fourth-order valence-electron chi connectivity index (χ4n) is 2.17. The van der Waals surface area contributed by atoms with Gasteiger partial charge in [-0.1, -0.05) is 50.0 Å². The lowest BCUT2D eigenvalue weighted by atomic mass is 10.1. The Labute approximate surface area is 125 Å². The third kappa shape index (κ3) is 16.9. The Morgan fingerprint density at radius 2 is 1.20 bits per heavy atom. The van der Waals surface area contributed by atoms with Gasteiger partial charge in [-0.05, 0) is 51.9 Å². The number of unbranched alkanes of at least 4 members (excludes halogenated alkanes) is 9. The lowest BCUT2D eigenvalue weighted by Gasteiger charge is -1.98. The standard InChI is InChI=1S/C18H32O2/c1-2-3-4-5-6-7-8-9-10-11-12-13-14-15-16-17-18(19)20/h2-3,9-10H,4-8,11-17H2,1H3,(H,19,20)/b3-2+,10-9-. The molecule has 0 heterocycles. The predicted molar refractivity (Wildman–Crippen MR) is 87.0 cm³/mol. The van der Waals surface area contributed by atoms with Crippen molar-refractivity contribution in [3.8, 4) is 0 Å². The van der Waals surface area contributed by atoms with E-state index in [-0.39, 0.29) is 0 Å². The van der Waals surface area contributed by atoms with Crippen LogP contribution in [0.3, 0.4) is 0 Å². The van der Waals surface area contributed by atoms with Crippen molar-refractivity contribution in [2.45, 2.75) is 84.0 Å². The summed E-state index contributed by atoms with van der Waals surface area (Å²) in [5, 5.41) is 8.50. The number of hydrogen-bond donors (Lipinski definition) is 1. The minimum Gasteiger partial charge on any atom is -0.481 e. The van der Waals surface area contributed by atoms with Crippen LogP contribution in [0.5, 0.6) is 0 Å². The van der Waals surface area contributed by atoms with E-state index >= 15 is 0 Å². The Balaban J connectivity index is 3.10. The summed E-state index contributed by atoms with van der Waals surface area (Å²) in [5.74, 6) is -0.668. The molecule has 1 N–H and O–H groups in total. The van der Waals surface area contributed by atoms with E-state index in [2.05, 4.69) is 31.2 Å². The second-order valence-corrected chi connectivity index (χ2v) is 5.38. The lowest BCUT2D eigenvalue weighted by Crippen LogP contribution is -1.93. The van der Waals surface area contributed by atoms with Gasteiger partial charge in [0.2, 0.25) is 0 Å². The van der Waals surface area contributed by atoms with Crippen molar-refractivity contribution in [1.29, 1.82) is 0 Å². The van der Waals surface area contributed by atoms with Crippen LogP contribution < -0.4 is 0 Å². The quantitative estimate of drug-likeness (QED) is 0.318. The molecule has 0 radical (unpaired) electrons. The fraction of sp³-hybridized carbons (Fsp3) is 0.722. The van der Waals surface area contributed by atoms with E-state index in [0.29, 0.717) is 6.42 Å². The highest BCUT2D eigenvalue weighted by molar-refractivity contribution is 5.66. The maximum atomic E-state index is 10.3. The highest BCUT2D eigenvalue weighted by Gasteiger charge is 1.95. The molecular formula is C18H32O2. The molecule has 0 aliphatic rings. The van der Waals surface area contributed by atoms with Crippen LogP contribution in [0.15, 0.2) is 24.3 Å². The van der Waals surface area contributed by atoms with E-state index in [1.807, 2.05) is 0 Å². The zero-order valence-electron chi connectivity index (χ0n) is 13.2. The monoisotopic (exact) mass is 280 g/mol. The number of carboxylic acid groups (broad SMARTS) is 1. The Kier molecular flexibility index (Phi) is 15.2. The van der Waals surface area contributed by atoms with E-state index in [1.165, 1.54) is 57.8 Å². The third-order valence-corrected chi connectivity index (χ3v) is 3.41. The van der Waals surface area contributed by atoms with Crippen molar-refractivity contribution in [2.24, 2.45) is 0 Å². The average molecular weight is 280 g/mol. The number of hydrogen-bond acceptors (Lipinski definition) is 1. The Hall–Kier alpha value is -1.05. The van der Waals surface area contributed by atoms with Crippen molar-refractivity contribution in [2.75, 3.05) is 0 Å². The van der Waals surface area contributed by atoms with Crippen molar-refractivity contribution in [1.82, 2.24) is 0 Å². The third-order valence-electron chi connectivity index (χ3n) is 3.41. The first-order valence-electron chi connectivity index (χ1n) is 8.25. The number of aliphatic carboxylic acids is 1. The van der Waals surface area contributed by atoms with Gasteiger partial charge in [0.05, 0.1) is 0 Å². The molecule has 0 saturated heterocycles. The van der Waals surface area contributed by atoms with Crippen LogP contribution in [-0.2, 0) is 4.79 Å². The van der Waals surface area contributed by atoms with Gasteiger partial charge in [-0.3, -0.25) is 4.79 Å². The predicted octanol–water partition coefficient (Wildman–Crippen LogP) is 5.88. The number of carbonyl (C=O) groups is 1. The molecule has 0 aromatic carbocycles. The summed E-state index contributed by atoms with van der Waals surface area (Å²) in [6, 6.07) is 0. The van der Waals surface area contributed by atoms with E-state index in [9.17, 15) is 4.79 Å². The average Bonchev–Trinajstić information content (AvgIpc) is 2.43. The molecule has 0 aliphatic heterocycles. The summed E-state index contributed by atoms with van der Waals surface area (Å²) in [6.07, 6.45) is 22.4. The first-order chi connectivity index (χ1) is 9.77. The van der Waals surface area contributed by atoms with Gasteiger partial charge in [-0.2, -0.15) is 0 Å². The summed E-state index contributed by atoms with van der Waals surface area (Å²) in [5.41, 5.74) is 0. The fourth-order valence-corrected chi connectivity index (χ4v) is 2.17. The van der Waals surface area contributed by atoms with Crippen molar-refractivity contribution < 1.29 is 9.90 Å². The van der Waals surface area contributed by atoms with Gasteiger partial charge in [0, 0.05) is 6.42 Å². The molecule has 0 aromatic rings. The van der Waals surface area contributed by atoms with Crippen LogP contribution in [-0.4, -0.2) is 11.1 Å². The second kappa shape index (κ2) is 16.0. The number of rotatable bonds is 14. The molecule has 0 spiro atoms. The SMILES string of the molecule is C/C=C/CCCCC/C=C\CCCCCCCC(=O)O. The molecular weight excluding hydrogens is 248 g/mol. The lowest BCUT2D eigenvalue weighted by molar-refractivity contribution is -0.137. The molecule has 2 heteroatoms. The summed E-state index contributed by atoms with van der Waals surface area (Å²) >= 11 is 0. The van der Waals surface area contributed by atoms with Crippen molar-refractivity contribution >= 4 is 5.97 Å². The Morgan fingerprint density at radius 3 is 1.75 bits per heavy atom. The van der Waals surface area contributed by atoms with Gasteiger partial charge < -0.3 is 5.11 Å². The van der Waals surface area contributed by atoms with Gasteiger partial charge in [-0.25, -0.2) is 0 Å². The van der Waals surface area contributed by atoms with Gasteiger partial charge in [0.25, 0.3) is 0 Å². The van der Waals surface area contributed by atoms with Gasteiger partial charge in [0.15, 0.2) is 0 Å². The van der Waals surface area contributed by atoms with Crippen LogP contribution in [0.1, 0.15) is 84.0 Å². The molecule has 0 bridgehead atoms. The van der Waals surface area contributed by atoms with E-state index in [0.717, 1.165) is 12.8 Å². The minimum atomic E-state index is -0.668. The first kappa shape index (κ1) is 18.9. The van der Waals surface area contributed by atoms with Crippen LogP contribution in [0, 0.1) is 0 Å². The molecule has 0 aromatic heterocycles. The van der Waals surface area contributed by atoms with Gasteiger partial charge in [0.1, 0.15) is 0 Å². The first-order valence-corrected chi connectivity index (χ1v) is 8.25. The molecule has 0 fully saturated rings. The summed E-state index contributed by atoms with van der Waals surface area (Å²) in [4.78, 5) is 10.3.